The lowest BCUT2D eigenvalue weighted by Crippen LogP contribution is -2.36. The fraction of sp³-hybridized carbons (Fsp3) is 0.471. The van der Waals surface area contributed by atoms with Crippen molar-refractivity contribution in [2.45, 2.75) is 44.9 Å². The first-order valence-corrected chi connectivity index (χ1v) is 8.00. The third-order valence-corrected chi connectivity index (χ3v) is 6.50. The lowest BCUT2D eigenvalue weighted by Gasteiger charge is -2.32. The van der Waals surface area contributed by atoms with Crippen molar-refractivity contribution in [2.24, 2.45) is 5.41 Å². The number of aromatic nitrogens is 2. The molecule has 1 N–H and O–H groups in total. The first-order valence-electron chi connectivity index (χ1n) is 7.63. The molecule has 0 radical (unpaired) electrons. The van der Waals surface area contributed by atoms with Crippen LogP contribution in [0.15, 0.2) is 24.3 Å². The van der Waals surface area contributed by atoms with Gasteiger partial charge in [0.05, 0.1) is 5.56 Å². The summed E-state index contributed by atoms with van der Waals surface area (Å²) in [5, 5.41) is 24.2. The monoisotopic (exact) mass is 318 g/mol. The van der Waals surface area contributed by atoms with E-state index in [2.05, 4.69) is 20.8 Å². The number of imidazole rings is 1. The number of benzene rings is 1. The lowest BCUT2D eigenvalue weighted by atomic mass is 9.70. The van der Waals surface area contributed by atoms with Crippen LogP contribution in [0.3, 0.4) is 0 Å². The zero-order valence-corrected chi connectivity index (χ0v) is 13.7. The Morgan fingerprint density at radius 3 is 2.50 bits per heavy atom. The summed E-state index contributed by atoms with van der Waals surface area (Å²) in [5.74, 6) is 0.486. The van der Waals surface area contributed by atoms with Crippen LogP contribution in [0, 0.1) is 10.6 Å². The van der Waals surface area contributed by atoms with E-state index in [1.165, 1.54) is 0 Å². The number of halogens is 1. The Morgan fingerprint density at radius 2 is 1.91 bits per heavy atom. The minimum Gasteiger partial charge on any atom is -0.710 e. The van der Waals surface area contributed by atoms with Crippen molar-refractivity contribution < 1.29 is 9.94 Å². The van der Waals surface area contributed by atoms with Crippen LogP contribution >= 0.6 is 11.6 Å². The SMILES string of the molecule is CC1(C)[C@@H]2CC[C@]1(C)c1c2[n+]([O-])c(-c2ccc(Cl)cc2)n1O. The van der Waals surface area contributed by atoms with E-state index in [0.717, 1.165) is 33.7 Å². The summed E-state index contributed by atoms with van der Waals surface area (Å²) in [6, 6.07) is 7.00. The van der Waals surface area contributed by atoms with Crippen LogP contribution in [0.1, 0.15) is 50.9 Å². The first kappa shape index (κ1) is 13.9. The van der Waals surface area contributed by atoms with Gasteiger partial charge in [-0.25, -0.2) is 4.73 Å². The first-order chi connectivity index (χ1) is 10.3. The second-order valence-corrected chi connectivity index (χ2v) is 7.75. The number of hydrogen-bond acceptors (Lipinski definition) is 2. The molecule has 2 atom stereocenters. The molecule has 2 aliphatic rings. The maximum atomic E-state index is 12.9. The Kier molecular flexibility index (Phi) is 2.53. The average molecular weight is 319 g/mol. The van der Waals surface area contributed by atoms with E-state index in [0.29, 0.717) is 10.6 Å². The van der Waals surface area contributed by atoms with Gasteiger partial charge in [0.2, 0.25) is 0 Å². The second-order valence-electron chi connectivity index (χ2n) is 7.32. The molecule has 1 saturated carbocycles. The van der Waals surface area contributed by atoms with E-state index in [4.69, 9.17) is 11.6 Å². The molecule has 0 spiro atoms. The smallest absolute Gasteiger partial charge is 0.331 e. The van der Waals surface area contributed by atoms with Crippen molar-refractivity contribution in [3.8, 4) is 11.4 Å². The summed E-state index contributed by atoms with van der Waals surface area (Å²) in [6.07, 6.45) is 2.01. The van der Waals surface area contributed by atoms with Gasteiger partial charge in [-0.05, 0) is 47.3 Å². The van der Waals surface area contributed by atoms with E-state index in [1.54, 1.807) is 24.3 Å². The van der Waals surface area contributed by atoms with Crippen LogP contribution in [-0.4, -0.2) is 9.94 Å². The topological polar surface area (TPSA) is 52.1 Å². The van der Waals surface area contributed by atoms with Crippen LogP contribution in [0.5, 0.6) is 0 Å². The summed E-state index contributed by atoms with van der Waals surface area (Å²) < 4.78 is 2.04. The minimum atomic E-state index is -0.168. The quantitative estimate of drug-likeness (QED) is 0.493. The zero-order chi connectivity index (χ0) is 15.9. The van der Waals surface area contributed by atoms with Gasteiger partial charge < -0.3 is 10.4 Å². The van der Waals surface area contributed by atoms with Crippen LogP contribution in [0.4, 0.5) is 0 Å². The van der Waals surface area contributed by atoms with Gasteiger partial charge in [0.1, 0.15) is 0 Å². The van der Waals surface area contributed by atoms with Gasteiger partial charge in [0.25, 0.3) is 0 Å². The molecule has 0 unspecified atom stereocenters. The number of nitrogens with zero attached hydrogens (tertiary/aromatic N) is 2. The van der Waals surface area contributed by atoms with Crippen molar-refractivity contribution in [1.82, 2.24) is 4.73 Å². The van der Waals surface area contributed by atoms with Crippen molar-refractivity contribution in [2.75, 3.05) is 0 Å². The van der Waals surface area contributed by atoms with Gasteiger partial charge >= 0.3 is 5.82 Å². The molecule has 5 heteroatoms. The molecule has 0 amide bonds. The number of fused-ring (bicyclic) bond motifs is 5. The van der Waals surface area contributed by atoms with Crippen molar-refractivity contribution in [3.05, 3.63) is 45.9 Å². The highest BCUT2D eigenvalue weighted by Gasteiger charge is 2.66. The average Bonchev–Trinajstić information content (AvgIpc) is 2.92. The molecule has 0 saturated heterocycles. The summed E-state index contributed by atoms with van der Waals surface area (Å²) in [6.45, 7) is 6.57. The Labute approximate surface area is 134 Å². The lowest BCUT2D eigenvalue weighted by molar-refractivity contribution is -0.604. The molecule has 2 aromatic rings. The van der Waals surface area contributed by atoms with E-state index < -0.39 is 0 Å². The number of hydrogen-bond donors (Lipinski definition) is 1. The largest absolute Gasteiger partial charge is 0.710 e. The molecular weight excluding hydrogens is 300 g/mol. The fourth-order valence-electron chi connectivity index (χ4n) is 4.57. The summed E-state index contributed by atoms with van der Waals surface area (Å²) in [4.78, 5) is 0. The highest BCUT2D eigenvalue weighted by atomic mass is 35.5. The van der Waals surface area contributed by atoms with Gasteiger partial charge in [-0.1, -0.05) is 32.4 Å². The Morgan fingerprint density at radius 1 is 1.27 bits per heavy atom. The van der Waals surface area contributed by atoms with E-state index in [-0.39, 0.29) is 22.6 Å². The normalized spacial score (nSPS) is 28.1. The molecule has 1 fully saturated rings. The molecule has 1 aromatic heterocycles. The molecule has 22 heavy (non-hydrogen) atoms. The molecule has 0 aliphatic heterocycles. The molecule has 1 aromatic carbocycles. The highest BCUT2D eigenvalue weighted by molar-refractivity contribution is 6.30. The maximum absolute atomic E-state index is 12.9. The van der Waals surface area contributed by atoms with E-state index >= 15 is 0 Å². The Balaban J connectivity index is 1.98. The number of rotatable bonds is 1. The van der Waals surface area contributed by atoms with Crippen molar-refractivity contribution in [3.63, 3.8) is 0 Å². The van der Waals surface area contributed by atoms with Gasteiger partial charge in [-0.2, -0.15) is 0 Å². The van der Waals surface area contributed by atoms with Gasteiger partial charge in [-0.3, -0.25) is 0 Å². The van der Waals surface area contributed by atoms with Gasteiger partial charge in [0, 0.05) is 16.4 Å². The van der Waals surface area contributed by atoms with E-state index in [9.17, 15) is 10.4 Å². The highest BCUT2D eigenvalue weighted by Crippen LogP contribution is 2.67. The molecule has 4 rings (SSSR count). The predicted octanol–water partition coefficient (Wildman–Crippen LogP) is 3.85. The molecule has 116 valence electrons. The van der Waals surface area contributed by atoms with E-state index in [1.807, 2.05) is 0 Å². The van der Waals surface area contributed by atoms with Gasteiger partial charge in [0.15, 0.2) is 11.4 Å². The summed E-state index contributed by atoms with van der Waals surface area (Å²) in [7, 11) is 0. The zero-order valence-electron chi connectivity index (χ0n) is 12.9. The van der Waals surface area contributed by atoms with Crippen LogP contribution in [0.2, 0.25) is 5.02 Å². The summed E-state index contributed by atoms with van der Waals surface area (Å²) in [5.41, 5.74) is 2.03. The Bertz CT molecular complexity index is 779. The second kappa shape index (κ2) is 3.99. The summed E-state index contributed by atoms with van der Waals surface area (Å²) >= 11 is 5.92. The minimum absolute atomic E-state index is 0.00711. The van der Waals surface area contributed by atoms with Crippen molar-refractivity contribution in [1.29, 1.82) is 0 Å². The molecule has 4 nitrogen and oxygen atoms in total. The fourth-order valence-corrected chi connectivity index (χ4v) is 4.70. The third kappa shape index (κ3) is 1.37. The standard InChI is InChI=1S/C17H19ClN2O2/c1-16(2)12-8-9-17(16,3)14-13(12)19(21)15(20(14)22)10-4-6-11(18)7-5-10/h4-7,12,22H,8-9H2,1-3H3/t12-,17-/m1/s1. The predicted molar refractivity (Wildman–Crippen MR) is 84.1 cm³/mol. The molecular formula is C17H19ClN2O2. The van der Waals surface area contributed by atoms with Crippen molar-refractivity contribution >= 4 is 11.6 Å². The maximum Gasteiger partial charge on any atom is 0.331 e. The Hall–Kier alpha value is -1.68. The molecule has 2 aliphatic carbocycles. The van der Waals surface area contributed by atoms with Crippen LogP contribution in [-0.2, 0) is 5.41 Å². The van der Waals surface area contributed by atoms with Crippen LogP contribution < -0.4 is 4.73 Å². The molecule has 1 heterocycles. The van der Waals surface area contributed by atoms with Crippen LogP contribution in [0.25, 0.3) is 11.4 Å². The third-order valence-electron chi connectivity index (χ3n) is 6.25. The van der Waals surface area contributed by atoms with Gasteiger partial charge in [-0.15, -0.1) is 0 Å². The molecule has 2 bridgehead atoms.